The molecule has 2 saturated heterocycles. The van der Waals surface area contributed by atoms with Crippen LogP contribution in [0, 0.1) is 5.92 Å². The van der Waals surface area contributed by atoms with E-state index in [9.17, 15) is 15.0 Å². The van der Waals surface area contributed by atoms with Crippen LogP contribution in [0.15, 0.2) is 24.4 Å². The summed E-state index contributed by atoms with van der Waals surface area (Å²) in [7, 11) is 0. The summed E-state index contributed by atoms with van der Waals surface area (Å²) >= 11 is 0. The Hall–Kier alpha value is -1.50. The molecule has 29 heavy (non-hydrogen) atoms. The maximum Gasteiger partial charge on any atom is 0.255 e. The molecule has 1 saturated carbocycles. The van der Waals surface area contributed by atoms with Gasteiger partial charge in [-0.1, -0.05) is 25.3 Å². The van der Waals surface area contributed by atoms with Gasteiger partial charge in [-0.3, -0.25) is 14.7 Å². The van der Waals surface area contributed by atoms with Gasteiger partial charge in [-0.05, 0) is 56.6 Å². The minimum Gasteiger partial charge on any atom is -0.383 e. The number of hydrogen-bond acceptors (Lipinski definition) is 5. The third kappa shape index (κ3) is 4.65. The van der Waals surface area contributed by atoms with Crippen molar-refractivity contribution >= 4 is 5.91 Å². The maximum absolute atomic E-state index is 13.1. The van der Waals surface area contributed by atoms with Crippen LogP contribution in [0.3, 0.4) is 0 Å². The second kappa shape index (κ2) is 8.70. The number of piperidine rings is 2. The molecule has 4 rings (SSSR count). The molecule has 3 heterocycles. The first-order valence-corrected chi connectivity index (χ1v) is 11.4. The Bertz CT molecular complexity index is 684. The Labute approximate surface area is 173 Å². The molecule has 1 aliphatic carbocycles. The van der Waals surface area contributed by atoms with E-state index in [0.717, 1.165) is 19.5 Å². The summed E-state index contributed by atoms with van der Waals surface area (Å²) in [5.74, 6) is 0.512. The van der Waals surface area contributed by atoms with Crippen molar-refractivity contribution in [2.45, 2.75) is 69.0 Å². The number of aromatic nitrogens is 1. The SMILES string of the molecule is O=C1N(CC2CCCCC2)CCCC1(O)CN1CCC(O)(c2ccccn2)CC1. The molecule has 2 N–H and O–H groups in total. The van der Waals surface area contributed by atoms with Gasteiger partial charge in [-0.2, -0.15) is 0 Å². The zero-order valence-electron chi connectivity index (χ0n) is 17.4. The molecule has 160 valence electrons. The van der Waals surface area contributed by atoms with Gasteiger partial charge >= 0.3 is 0 Å². The summed E-state index contributed by atoms with van der Waals surface area (Å²) in [6, 6.07) is 5.62. The lowest BCUT2D eigenvalue weighted by molar-refractivity contribution is -0.161. The van der Waals surface area contributed by atoms with Crippen LogP contribution in [0.1, 0.15) is 63.5 Å². The zero-order valence-corrected chi connectivity index (χ0v) is 17.4. The number of carbonyl (C=O) groups excluding carboxylic acids is 1. The molecule has 0 bridgehead atoms. The molecule has 3 fully saturated rings. The van der Waals surface area contributed by atoms with Crippen molar-refractivity contribution < 1.29 is 15.0 Å². The number of β-amino-alcohol motifs (C(OH)–C–C–N with tert-alkyl or cyclic N) is 1. The van der Waals surface area contributed by atoms with E-state index in [0.29, 0.717) is 50.5 Å². The van der Waals surface area contributed by atoms with Crippen molar-refractivity contribution in [3.05, 3.63) is 30.1 Å². The molecule has 6 nitrogen and oxygen atoms in total. The molecule has 1 amide bonds. The quantitative estimate of drug-likeness (QED) is 0.792. The predicted octanol–water partition coefficient (Wildman–Crippen LogP) is 2.30. The van der Waals surface area contributed by atoms with Crippen LogP contribution in [0.4, 0.5) is 0 Å². The molecule has 0 aromatic carbocycles. The molecule has 0 radical (unpaired) electrons. The number of hydrogen-bond donors (Lipinski definition) is 2. The summed E-state index contributed by atoms with van der Waals surface area (Å²) in [5, 5.41) is 22.2. The number of rotatable bonds is 5. The third-order valence-corrected chi connectivity index (χ3v) is 7.22. The molecular weight excluding hydrogens is 366 g/mol. The Morgan fingerprint density at radius 1 is 1.00 bits per heavy atom. The monoisotopic (exact) mass is 401 g/mol. The van der Waals surface area contributed by atoms with Gasteiger partial charge in [0.1, 0.15) is 5.60 Å². The van der Waals surface area contributed by atoms with Crippen molar-refractivity contribution in [3.8, 4) is 0 Å². The van der Waals surface area contributed by atoms with Gasteiger partial charge < -0.3 is 15.1 Å². The van der Waals surface area contributed by atoms with Gasteiger partial charge in [0.05, 0.1) is 5.69 Å². The lowest BCUT2D eigenvalue weighted by Gasteiger charge is -2.44. The minimum atomic E-state index is -1.28. The van der Waals surface area contributed by atoms with Crippen LogP contribution in [0.5, 0.6) is 0 Å². The summed E-state index contributed by atoms with van der Waals surface area (Å²) in [5.41, 5.74) is -1.48. The first kappa shape index (κ1) is 20.8. The lowest BCUT2D eigenvalue weighted by atomic mass is 9.84. The summed E-state index contributed by atoms with van der Waals surface area (Å²) in [6.45, 7) is 3.26. The number of amides is 1. The van der Waals surface area contributed by atoms with E-state index in [1.165, 1.54) is 32.1 Å². The highest BCUT2D eigenvalue weighted by molar-refractivity contribution is 5.86. The third-order valence-electron chi connectivity index (χ3n) is 7.22. The normalized spacial score (nSPS) is 29.2. The van der Waals surface area contributed by atoms with Crippen LogP contribution in [-0.2, 0) is 10.4 Å². The maximum atomic E-state index is 13.1. The van der Waals surface area contributed by atoms with Crippen LogP contribution < -0.4 is 0 Å². The van der Waals surface area contributed by atoms with Gasteiger partial charge in [0, 0.05) is 38.9 Å². The van der Waals surface area contributed by atoms with Crippen molar-refractivity contribution in [2.24, 2.45) is 5.92 Å². The smallest absolute Gasteiger partial charge is 0.255 e. The van der Waals surface area contributed by atoms with Gasteiger partial charge in [-0.15, -0.1) is 0 Å². The largest absolute Gasteiger partial charge is 0.383 e. The zero-order chi connectivity index (χ0) is 20.3. The molecule has 3 aliphatic rings. The first-order chi connectivity index (χ1) is 14.0. The Morgan fingerprint density at radius 3 is 2.45 bits per heavy atom. The summed E-state index contributed by atoms with van der Waals surface area (Å²) in [4.78, 5) is 21.5. The first-order valence-electron chi connectivity index (χ1n) is 11.4. The molecule has 1 aromatic heterocycles. The van der Waals surface area contributed by atoms with E-state index in [1.807, 2.05) is 23.1 Å². The molecule has 1 atom stereocenters. The van der Waals surface area contributed by atoms with E-state index in [4.69, 9.17) is 0 Å². The fraction of sp³-hybridized carbons (Fsp3) is 0.739. The van der Waals surface area contributed by atoms with E-state index >= 15 is 0 Å². The molecule has 6 heteroatoms. The Kier molecular flexibility index (Phi) is 6.23. The number of pyridine rings is 1. The highest BCUT2D eigenvalue weighted by Gasteiger charge is 2.45. The highest BCUT2D eigenvalue weighted by atomic mass is 16.3. The van der Waals surface area contributed by atoms with E-state index in [2.05, 4.69) is 9.88 Å². The van der Waals surface area contributed by atoms with Crippen molar-refractivity contribution in [3.63, 3.8) is 0 Å². The number of likely N-dealkylation sites (tertiary alicyclic amines) is 2. The fourth-order valence-corrected chi connectivity index (χ4v) is 5.41. The molecule has 0 spiro atoms. The Morgan fingerprint density at radius 2 is 1.76 bits per heavy atom. The number of carbonyl (C=O) groups is 1. The second-order valence-electron chi connectivity index (χ2n) is 9.41. The molecule has 2 aliphatic heterocycles. The average Bonchev–Trinajstić information content (AvgIpc) is 2.75. The van der Waals surface area contributed by atoms with Gasteiger partial charge in [0.15, 0.2) is 5.60 Å². The highest BCUT2D eigenvalue weighted by Crippen LogP contribution is 2.34. The van der Waals surface area contributed by atoms with Crippen LogP contribution in [0.2, 0.25) is 0 Å². The van der Waals surface area contributed by atoms with Gasteiger partial charge in [0.25, 0.3) is 5.91 Å². The van der Waals surface area contributed by atoms with Gasteiger partial charge in [0.2, 0.25) is 0 Å². The standard InChI is InChI=1S/C23H35N3O3/c27-21-23(29,10-6-14-26(21)17-19-7-2-1-3-8-19)18-25-15-11-22(28,12-16-25)20-9-4-5-13-24-20/h4-5,9,13,19,28-29H,1-3,6-8,10-12,14-18H2. The Balaban J connectivity index is 1.34. The van der Waals surface area contributed by atoms with Crippen LogP contribution in [0.25, 0.3) is 0 Å². The van der Waals surface area contributed by atoms with Crippen molar-refractivity contribution in [1.82, 2.24) is 14.8 Å². The number of nitrogens with zero attached hydrogens (tertiary/aromatic N) is 3. The summed E-state index contributed by atoms with van der Waals surface area (Å²) < 4.78 is 0. The van der Waals surface area contributed by atoms with Crippen molar-refractivity contribution in [2.75, 3.05) is 32.7 Å². The molecular formula is C23H35N3O3. The fourth-order valence-electron chi connectivity index (χ4n) is 5.41. The van der Waals surface area contributed by atoms with Crippen LogP contribution >= 0.6 is 0 Å². The lowest BCUT2D eigenvalue weighted by Crippen LogP contribution is -2.60. The van der Waals surface area contributed by atoms with E-state index in [-0.39, 0.29) is 5.91 Å². The van der Waals surface area contributed by atoms with E-state index < -0.39 is 11.2 Å². The minimum absolute atomic E-state index is 0.0834. The predicted molar refractivity (Wildman–Crippen MR) is 111 cm³/mol. The number of aliphatic hydroxyl groups is 2. The average molecular weight is 402 g/mol. The van der Waals surface area contributed by atoms with Crippen molar-refractivity contribution in [1.29, 1.82) is 0 Å². The summed E-state index contributed by atoms with van der Waals surface area (Å²) in [6.07, 6.45) is 10.5. The van der Waals surface area contributed by atoms with E-state index in [1.54, 1.807) is 6.20 Å². The molecule has 1 aromatic rings. The molecule has 1 unspecified atom stereocenters. The van der Waals surface area contributed by atoms with Gasteiger partial charge in [-0.25, -0.2) is 0 Å². The topological polar surface area (TPSA) is 76.9 Å². The second-order valence-corrected chi connectivity index (χ2v) is 9.41. The van der Waals surface area contributed by atoms with Crippen LogP contribution in [-0.4, -0.2) is 69.2 Å².